The molecule has 0 bridgehead atoms. The van der Waals surface area contributed by atoms with Crippen LogP contribution >= 0.6 is 0 Å². The number of amides is 2. The molecule has 3 rings (SSSR count). The molecular weight excluding hydrogens is 324 g/mol. The van der Waals surface area contributed by atoms with Gasteiger partial charge in [-0.25, -0.2) is 0 Å². The highest BCUT2D eigenvalue weighted by Gasteiger charge is 2.08. The van der Waals surface area contributed by atoms with E-state index >= 15 is 0 Å². The highest BCUT2D eigenvalue weighted by atomic mass is 16.2. The molecule has 4 heteroatoms. The van der Waals surface area contributed by atoms with Crippen molar-refractivity contribution in [1.29, 1.82) is 0 Å². The van der Waals surface area contributed by atoms with Crippen LogP contribution in [-0.2, 0) is 11.3 Å². The second kappa shape index (κ2) is 8.30. The fourth-order valence-corrected chi connectivity index (χ4v) is 2.81. The van der Waals surface area contributed by atoms with Gasteiger partial charge in [0, 0.05) is 25.1 Å². The highest BCUT2D eigenvalue weighted by molar-refractivity contribution is 5.98. The number of fused-ring (bicyclic) bond motifs is 1. The zero-order chi connectivity index (χ0) is 18.4. The van der Waals surface area contributed by atoms with Gasteiger partial charge in [0.1, 0.15) is 0 Å². The molecule has 0 saturated carbocycles. The van der Waals surface area contributed by atoms with Gasteiger partial charge >= 0.3 is 0 Å². The summed E-state index contributed by atoms with van der Waals surface area (Å²) in [5.41, 5.74) is 2.85. The number of carbonyl (C=O) groups is 2. The van der Waals surface area contributed by atoms with Crippen LogP contribution in [-0.4, -0.2) is 18.4 Å². The summed E-state index contributed by atoms with van der Waals surface area (Å²) in [7, 11) is 0. The summed E-state index contributed by atoms with van der Waals surface area (Å²) in [6.45, 7) is 2.83. The molecule has 0 unspecified atom stereocenters. The van der Waals surface area contributed by atoms with Gasteiger partial charge in [-0.3, -0.25) is 9.59 Å². The first kappa shape index (κ1) is 17.7. The van der Waals surface area contributed by atoms with Gasteiger partial charge in [-0.2, -0.15) is 0 Å². The molecule has 0 saturated heterocycles. The lowest BCUT2D eigenvalue weighted by Crippen LogP contribution is -2.30. The van der Waals surface area contributed by atoms with Gasteiger partial charge in [0.15, 0.2) is 0 Å². The van der Waals surface area contributed by atoms with E-state index in [1.807, 2.05) is 67.6 Å². The van der Waals surface area contributed by atoms with Crippen LogP contribution < -0.4 is 10.6 Å². The van der Waals surface area contributed by atoms with E-state index in [1.165, 1.54) is 0 Å². The van der Waals surface area contributed by atoms with E-state index in [0.29, 0.717) is 18.7 Å². The third-order valence-electron chi connectivity index (χ3n) is 4.39. The predicted molar refractivity (Wildman–Crippen MR) is 104 cm³/mol. The first-order valence-corrected chi connectivity index (χ1v) is 8.72. The molecular formula is C22H22N2O2. The highest BCUT2D eigenvalue weighted by Crippen LogP contribution is 2.15. The van der Waals surface area contributed by atoms with Crippen LogP contribution in [0.1, 0.15) is 27.9 Å². The van der Waals surface area contributed by atoms with Crippen molar-refractivity contribution in [2.75, 3.05) is 6.54 Å². The zero-order valence-electron chi connectivity index (χ0n) is 14.8. The van der Waals surface area contributed by atoms with Crippen LogP contribution in [0, 0.1) is 6.92 Å². The fourth-order valence-electron chi connectivity index (χ4n) is 2.81. The van der Waals surface area contributed by atoms with Gasteiger partial charge in [0.25, 0.3) is 5.91 Å². The normalized spacial score (nSPS) is 10.5. The summed E-state index contributed by atoms with van der Waals surface area (Å²) in [5, 5.41) is 7.81. The molecule has 132 valence electrons. The molecule has 0 aliphatic heterocycles. The summed E-state index contributed by atoms with van der Waals surface area (Å²) >= 11 is 0. The largest absolute Gasteiger partial charge is 0.352 e. The molecule has 0 aliphatic carbocycles. The van der Waals surface area contributed by atoms with Crippen LogP contribution in [0.3, 0.4) is 0 Å². The summed E-state index contributed by atoms with van der Waals surface area (Å²) in [5.74, 6) is -0.241. The first-order valence-electron chi connectivity index (χ1n) is 8.72. The van der Waals surface area contributed by atoms with Crippen LogP contribution in [0.5, 0.6) is 0 Å². The van der Waals surface area contributed by atoms with Crippen LogP contribution in [0.15, 0.2) is 66.7 Å². The van der Waals surface area contributed by atoms with Crippen molar-refractivity contribution in [3.05, 3.63) is 83.4 Å². The summed E-state index contributed by atoms with van der Waals surface area (Å²) in [6.07, 6.45) is 0.255. The third kappa shape index (κ3) is 4.48. The number of benzene rings is 3. The van der Waals surface area contributed by atoms with Crippen LogP contribution in [0.4, 0.5) is 0 Å². The van der Waals surface area contributed by atoms with E-state index in [-0.39, 0.29) is 18.2 Å². The third-order valence-corrected chi connectivity index (χ3v) is 4.39. The second-order valence-electron chi connectivity index (χ2n) is 6.27. The maximum absolute atomic E-state index is 12.3. The number of nitrogens with one attached hydrogen (secondary N) is 2. The Hall–Kier alpha value is -3.14. The van der Waals surface area contributed by atoms with Crippen molar-refractivity contribution < 1.29 is 9.59 Å². The Morgan fingerprint density at radius 3 is 2.38 bits per heavy atom. The molecule has 2 N–H and O–H groups in total. The van der Waals surface area contributed by atoms with Crippen LogP contribution in [0.25, 0.3) is 10.8 Å². The van der Waals surface area contributed by atoms with Gasteiger partial charge in [0.05, 0.1) is 0 Å². The van der Waals surface area contributed by atoms with Crippen molar-refractivity contribution in [2.24, 2.45) is 0 Å². The minimum atomic E-state index is -0.164. The van der Waals surface area contributed by atoms with E-state index in [1.54, 1.807) is 6.07 Å². The number of hydrogen-bond donors (Lipinski definition) is 2. The Kier molecular flexibility index (Phi) is 5.64. The molecule has 4 nitrogen and oxygen atoms in total. The van der Waals surface area contributed by atoms with Crippen LogP contribution in [0.2, 0.25) is 0 Å². The topological polar surface area (TPSA) is 58.2 Å². The zero-order valence-corrected chi connectivity index (χ0v) is 14.8. The lowest BCUT2D eigenvalue weighted by molar-refractivity contribution is -0.121. The Bertz CT molecular complexity index is 934. The lowest BCUT2D eigenvalue weighted by Gasteiger charge is -2.09. The van der Waals surface area contributed by atoms with Crippen molar-refractivity contribution in [1.82, 2.24) is 10.6 Å². The monoisotopic (exact) mass is 346 g/mol. The number of aryl methyl sites for hydroxylation is 1. The first-order chi connectivity index (χ1) is 12.6. The molecule has 3 aromatic rings. The molecule has 3 aromatic carbocycles. The molecule has 0 aliphatic rings. The van der Waals surface area contributed by atoms with Crippen molar-refractivity contribution in [3.63, 3.8) is 0 Å². The molecule has 26 heavy (non-hydrogen) atoms. The molecule has 0 heterocycles. The number of rotatable bonds is 6. The van der Waals surface area contributed by atoms with E-state index in [4.69, 9.17) is 0 Å². The van der Waals surface area contributed by atoms with Gasteiger partial charge in [-0.1, -0.05) is 54.6 Å². The maximum atomic E-state index is 12.3. The smallest absolute Gasteiger partial charge is 0.251 e. The van der Waals surface area contributed by atoms with Crippen molar-refractivity contribution in [2.45, 2.75) is 19.9 Å². The molecule has 0 radical (unpaired) electrons. The Balaban J connectivity index is 1.46. The minimum Gasteiger partial charge on any atom is -0.352 e. The predicted octanol–water partition coefficient (Wildman–Crippen LogP) is 3.58. The summed E-state index contributed by atoms with van der Waals surface area (Å²) in [6, 6.07) is 21.4. The van der Waals surface area contributed by atoms with Gasteiger partial charge < -0.3 is 10.6 Å². The lowest BCUT2D eigenvalue weighted by atomic mass is 10.1. The summed E-state index contributed by atoms with van der Waals surface area (Å²) in [4.78, 5) is 24.2. The van der Waals surface area contributed by atoms with E-state index in [9.17, 15) is 9.59 Å². The van der Waals surface area contributed by atoms with E-state index in [0.717, 1.165) is 21.9 Å². The Morgan fingerprint density at radius 2 is 1.58 bits per heavy atom. The summed E-state index contributed by atoms with van der Waals surface area (Å²) < 4.78 is 0. The maximum Gasteiger partial charge on any atom is 0.251 e. The molecule has 0 fully saturated rings. The SMILES string of the molecule is Cc1ccccc1CNC(=O)CCNC(=O)c1ccc2ccccc2c1. The molecule has 2 amide bonds. The minimum absolute atomic E-state index is 0.0768. The number of carbonyl (C=O) groups excluding carboxylic acids is 2. The van der Waals surface area contributed by atoms with Gasteiger partial charge in [-0.05, 0) is 41.0 Å². The standard InChI is InChI=1S/C22H22N2O2/c1-16-6-2-3-9-20(16)15-24-21(25)12-13-23-22(26)19-11-10-17-7-4-5-8-18(17)14-19/h2-11,14H,12-13,15H2,1H3,(H,23,26)(H,24,25). The molecule has 0 spiro atoms. The number of hydrogen-bond acceptors (Lipinski definition) is 2. The Morgan fingerprint density at radius 1 is 0.846 bits per heavy atom. The van der Waals surface area contributed by atoms with Gasteiger partial charge in [0.2, 0.25) is 5.91 Å². The molecule has 0 aromatic heterocycles. The molecule has 0 atom stereocenters. The van der Waals surface area contributed by atoms with Gasteiger partial charge in [-0.15, -0.1) is 0 Å². The fraction of sp³-hybridized carbons (Fsp3) is 0.182. The second-order valence-corrected chi connectivity index (χ2v) is 6.27. The van der Waals surface area contributed by atoms with Crippen molar-refractivity contribution >= 4 is 22.6 Å². The average Bonchev–Trinajstić information content (AvgIpc) is 2.67. The van der Waals surface area contributed by atoms with E-state index in [2.05, 4.69) is 10.6 Å². The van der Waals surface area contributed by atoms with Crippen molar-refractivity contribution in [3.8, 4) is 0 Å². The van der Waals surface area contributed by atoms with E-state index < -0.39 is 0 Å². The quantitative estimate of drug-likeness (QED) is 0.717. The average molecular weight is 346 g/mol. The Labute approximate surface area is 153 Å².